The van der Waals surface area contributed by atoms with E-state index in [1.54, 1.807) is 6.07 Å². The third-order valence-corrected chi connectivity index (χ3v) is 3.83. The van der Waals surface area contributed by atoms with Gasteiger partial charge in [0.15, 0.2) is 23.3 Å². The van der Waals surface area contributed by atoms with Crippen molar-refractivity contribution < 1.29 is 28.6 Å². The molecule has 0 saturated heterocycles. The Bertz CT molecular complexity index is 675. The number of hydrogen-bond acceptors (Lipinski definition) is 8. The fourth-order valence-electron chi connectivity index (χ4n) is 2.70. The highest BCUT2D eigenvalue weighted by molar-refractivity contribution is 6.39. The first kappa shape index (κ1) is 15.2. The summed E-state index contributed by atoms with van der Waals surface area (Å²) in [7, 11) is 3.02. The smallest absolute Gasteiger partial charge is 0.283 e. The normalized spacial score (nSPS) is 21.5. The van der Waals surface area contributed by atoms with Gasteiger partial charge in [-0.05, 0) is 6.07 Å². The Kier molecular flexibility index (Phi) is 3.87. The van der Waals surface area contributed by atoms with Gasteiger partial charge in [0, 0.05) is 5.56 Å². The lowest BCUT2D eigenvalue weighted by atomic mass is 9.92. The number of nitrogens with two attached hydrogens (primary N) is 1. The number of rotatable bonds is 4. The van der Waals surface area contributed by atoms with Crippen molar-refractivity contribution >= 4 is 11.6 Å². The van der Waals surface area contributed by atoms with Crippen LogP contribution in [0.25, 0.3) is 0 Å². The molecule has 2 aliphatic heterocycles. The summed E-state index contributed by atoms with van der Waals surface area (Å²) in [6.07, 6.45) is -0.541. The predicted molar refractivity (Wildman–Crippen MR) is 78.4 cm³/mol. The van der Waals surface area contributed by atoms with Crippen molar-refractivity contribution in [3.8, 4) is 23.0 Å². The van der Waals surface area contributed by atoms with Gasteiger partial charge in [-0.3, -0.25) is 10.2 Å². The number of nitrogens with one attached hydrogen (secondary N) is 1. The molecule has 1 amide bonds. The average Bonchev–Trinajstić information content (AvgIpc) is 3.18. The van der Waals surface area contributed by atoms with Gasteiger partial charge in [-0.2, -0.15) is 0 Å². The Hall–Kier alpha value is -2.68. The number of carbonyl (C=O) groups is 1. The quantitative estimate of drug-likeness (QED) is 0.471. The van der Waals surface area contributed by atoms with E-state index in [-0.39, 0.29) is 18.4 Å². The largest absolute Gasteiger partial charge is 0.492 e. The third kappa shape index (κ3) is 2.29. The van der Waals surface area contributed by atoms with Gasteiger partial charge in [0.25, 0.3) is 5.91 Å². The van der Waals surface area contributed by atoms with E-state index in [0.717, 1.165) is 0 Å². The zero-order valence-corrected chi connectivity index (χ0v) is 12.9. The van der Waals surface area contributed by atoms with Crippen LogP contribution in [0.5, 0.6) is 23.0 Å². The van der Waals surface area contributed by atoms with Crippen LogP contribution in [0, 0.1) is 5.92 Å². The fraction of sp³-hybridized carbons (Fsp3) is 0.429. The maximum atomic E-state index is 11.7. The summed E-state index contributed by atoms with van der Waals surface area (Å²) in [6, 6.07) is 1.74. The Morgan fingerprint density at radius 3 is 2.74 bits per heavy atom. The highest BCUT2D eigenvalue weighted by Crippen LogP contribution is 2.52. The van der Waals surface area contributed by atoms with E-state index < -0.39 is 12.0 Å². The predicted octanol–water partition coefficient (Wildman–Crippen LogP) is 0.486. The van der Waals surface area contributed by atoms with Gasteiger partial charge in [0.1, 0.15) is 0 Å². The number of carbonyl (C=O) groups excluding carboxylic acids is 1. The van der Waals surface area contributed by atoms with Crippen molar-refractivity contribution in [1.29, 1.82) is 0 Å². The molecule has 2 atom stereocenters. The van der Waals surface area contributed by atoms with Crippen LogP contribution in [0.15, 0.2) is 11.2 Å². The van der Waals surface area contributed by atoms with Crippen LogP contribution in [0.3, 0.4) is 0 Å². The number of nitrogens with zero attached hydrogens (tertiary/aromatic N) is 1. The Morgan fingerprint density at radius 1 is 1.35 bits per heavy atom. The van der Waals surface area contributed by atoms with Crippen LogP contribution in [0.4, 0.5) is 0 Å². The van der Waals surface area contributed by atoms with Gasteiger partial charge < -0.3 is 23.8 Å². The maximum absolute atomic E-state index is 11.7. The van der Waals surface area contributed by atoms with Crippen LogP contribution in [0.2, 0.25) is 0 Å². The molecule has 2 heterocycles. The summed E-state index contributed by atoms with van der Waals surface area (Å²) in [5.41, 5.74) is 2.90. The van der Waals surface area contributed by atoms with Crippen molar-refractivity contribution in [1.82, 2.24) is 5.43 Å². The molecule has 1 aromatic rings. The van der Waals surface area contributed by atoms with Gasteiger partial charge in [-0.1, -0.05) is 12.1 Å². The third-order valence-electron chi connectivity index (χ3n) is 3.83. The molecule has 0 unspecified atom stereocenters. The summed E-state index contributed by atoms with van der Waals surface area (Å²) >= 11 is 0. The van der Waals surface area contributed by atoms with E-state index in [9.17, 15) is 4.79 Å². The number of oxime groups is 1. The van der Waals surface area contributed by atoms with Gasteiger partial charge in [0.2, 0.25) is 18.3 Å². The van der Waals surface area contributed by atoms with Gasteiger partial charge >= 0.3 is 0 Å². The molecule has 23 heavy (non-hydrogen) atoms. The summed E-state index contributed by atoms with van der Waals surface area (Å²) in [4.78, 5) is 17.1. The summed E-state index contributed by atoms with van der Waals surface area (Å²) < 4.78 is 21.7. The van der Waals surface area contributed by atoms with Gasteiger partial charge in [-0.25, -0.2) is 5.84 Å². The van der Waals surface area contributed by atoms with Crippen LogP contribution >= 0.6 is 0 Å². The van der Waals surface area contributed by atoms with Crippen LogP contribution in [-0.4, -0.2) is 32.6 Å². The van der Waals surface area contributed by atoms with Crippen LogP contribution < -0.4 is 30.2 Å². The second kappa shape index (κ2) is 5.84. The first-order valence-electron chi connectivity index (χ1n) is 6.91. The highest BCUT2D eigenvalue weighted by atomic mass is 16.7. The van der Waals surface area contributed by atoms with Crippen molar-refractivity contribution in [2.45, 2.75) is 13.0 Å². The van der Waals surface area contributed by atoms with E-state index in [1.165, 1.54) is 14.2 Å². The molecule has 0 radical (unpaired) electrons. The summed E-state index contributed by atoms with van der Waals surface area (Å²) in [6.45, 7) is 1.90. The Balaban J connectivity index is 2.03. The lowest BCUT2D eigenvalue weighted by molar-refractivity contribution is -0.115. The molecule has 0 spiro atoms. The summed E-state index contributed by atoms with van der Waals surface area (Å²) in [5.74, 6) is 6.17. The lowest BCUT2D eigenvalue weighted by Gasteiger charge is -2.20. The molecule has 0 aromatic heterocycles. The van der Waals surface area contributed by atoms with E-state index in [0.29, 0.717) is 28.6 Å². The number of ether oxygens (including phenoxy) is 4. The number of fused-ring (bicyclic) bond motifs is 1. The zero-order chi connectivity index (χ0) is 16.6. The van der Waals surface area contributed by atoms with E-state index in [1.807, 2.05) is 6.92 Å². The summed E-state index contributed by atoms with van der Waals surface area (Å²) in [5, 5.41) is 3.83. The minimum atomic E-state index is -0.541. The number of amides is 1. The molecule has 0 bridgehead atoms. The van der Waals surface area contributed by atoms with E-state index in [2.05, 4.69) is 10.6 Å². The second-order valence-electron chi connectivity index (χ2n) is 5.03. The van der Waals surface area contributed by atoms with Crippen molar-refractivity contribution in [3.63, 3.8) is 0 Å². The average molecular weight is 323 g/mol. The van der Waals surface area contributed by atoms with Gasteiger partial charge in [0.05, 0.1) is 20.1 Å². The monoisotopic (exact) mass is 323 g/mol. The molecule has 0 saturated carbocycles. The molecule has 0 fully saturated rings. The molecule has 1 aromatic carbocycles. The highest BCUT2D eigenvalue weighted by Gasteiger charge is 2.40. The SMILES string of the molecule is COc1c([C@H]2ON=C(C(=O)NN)[C@@H]2C)cc2c(c1OC)OCO2. The van der Waals surface area contributed by atoms with Crippen LogP contribution in [-0.2, 0) is 9.63 Å². The fourth-order valence-corrected chi connectivity index (χ4v) is 2.70. The molecule has 3 N–H and O–H groups in total. The molecule has 0 aliphatic carbocycles. The zero-order valence-electron chi connectivity index (χ0n) is 12.9. The Morgan fingerprint density at radius 2 is 2.09 bits per heavy atom. The Labute approximate surface area is 132 Å². The number of hydrogen-bond donors (Lipinski definition) is 2. The number of hydrazine groups is 1. The van der Waals surface area contributed by atoms with Crippen molar-refractivity contribution in [2.24, 2.45) is 16.9 Å². The standard InChI is InChI=1S/C14H17N3O6/c1-6-9(14(18)16-15)17-23-10(6)7-4-8-12(22-5-21-8)13(20-3)11(7)19-2/h4,6,10H,5,15H2,1-3H3,(H,16,18)/t6-,10-/m0/s1. The first-order valence-corrected chi connectivity index (χ1v) is 6.91. The molecular weight excluding hydrogens is 306 g/mol. The lowest BCUT2D eigenvalue weighted by Crippen LogP contribution is -2.38. The van der Waals surface area contributed by atoms with Crippen molar-refractivity contribution in [3.05, 3.63) is 11.6 Å². The van der Waals surface area contributed by atoms with Crippen LogP contribution in [0.1, 0.15) is 18.6 Å². The minimum absolute atomic E-state index is 0.0940. The maximum Gasteiger partial charge on any atom is 0.283 e. The van der Waals surface area contributed by atoms with E-state index in [4.69, 9.17) is 29.6 Å². The van der Waals surface area contributed by atoms with Crippen molar-refractivity contribution in [2.75, 3.05) is 21.0 Å². The second-order valence-corrected chi connectivity index (χ2v) is 5.03. The number of methoxy groups -OCH3 is 2. The molecule has 124 valence electrons. The molecule has 9 nitrogen and oxygen atoms in total. The number of benzene rings is 1. The van der Waals surface area contributed by atoms with E-state index >= 15 is 0 Å². The molecule has 2 aliphatic rings. The molecule has 9 heteroatoms. The minimum Gasteiger partial charge on any atom is -0.492 e. The molecular formula is C14H17N3O6. The first-order chi connectivity index (χ1) is 11.1. The molecule has 3 rings (SSSR count). The topological polar surface area (TPSA) is 114 Å². The van der Waals surface area contributed by atoms with Gasteiger partial charge in [-0.15, -0.1) is 0 Å².